The van der Waals surface area contributed by atoms with Crippen LogP contribution in [0.4, 0.5) is 0 Å². The van der Waals surface area contributed by atoms with Crippen LogP contribution in [0.2, 0.25) is 0 Å². The van der Waals surface area contributed by atoms with Crippen LogP contribution in [0, 0.1) is 23.2 Å². The fourth-order valence-corrected chi connectivity index (χ4v) is 3.77. The summed E-state index contributed by atoms with van der Waals surface area (Å²) >= 11 is 0. The van der Waals surface area contributed by atoms with Crippen molar-refractivity contribution >= 4 is 11.6 Å². The summed E-state index contributed by atoms with van der Waals surface area (Å²) in [7, 11) is 0. The maximum atomic E-state index is 12.2. The molecule has 3 nitrogen and oxygen atoms in total. The van der Waals surface area contributed by atoms with Crippen molar-refractivity contribution in [1.82, 2.24) is 0 Å². The van der Waals surface area contributed by atoms with Crippen LogP contribution in [0.3, 0.4) is 0 Å². The predicted octanol–water partition coefficient (Wildman–Crippen LogP) is 1.80. The highest BCUT2D eigenvalue weighted by atomic mass is 16.3. The molecule has 4 atom stereocenters. The summed E-state index contributed by atoms with van der Waals surface area (Å²) < 4.78 is 0. The number of allylic oxidation sites excluding steroid dienone is 4. The Morgan fingerprint density at radius 1 is 1.50 bits per heavy atom. The Labute approximate surface area is 93.8 Å². The second-order valence-corrected chi connectivity index (χ2v) is 5.30. The SMILES string of the molecule is CC(=O)C1=C(O)[C@]2(C)[C@H]3C=C[C@H](C3)[C@@H]2C1=O. The minimum Gasteiger partial charge on any atom is -0.511 e. The molecule has 0 aromatic carbocycles. The van der Waals surface area contributed by atoms with E-state index in [9.17, 15) is 14.7 Å². The van der Waals surface area contributed by atoms with Gasteiger partial charge in [-0.3, -0.25) is 9.59 Å². The van der Waals surface area contributed by atoms with E-state index < -0.39 is 5.41 Å². The number of ketones is 2. The molecule has 0 heterocycles. The Kier molecular flexibility index (Phi) is 1.63. The van der Waals surface area contributed by atoms with Crippen molar-refractivity contribution in [1.29, 1.82) is 0 Å². The fourth-order valence-electron chi connectivity index (χ4n) is 3.77. The van der Waals surface area contributed by atoms with Gasteiger partial charge in [0.25, 0.3) is 0 Å². The highest BCUT2D eigenvalue weighted by molar-refractivity contribution is 6.23. The van der Waals surface area contributed by atoms with E-state index in [1.165, 1.54) is 6.92 Å². The number of fused-ring (bicyclic) bond motifs is 5. The van der Waals surface area contributed by atoms with Crippen molar-refractivity contribution in [3.63, 3.8) is 0 Å². The van der Waals surface area contributed by atoms with E-state index in [4.69, 9.17) is 0 Å². The van der Waals surface area contributed by atoms with Crippen LogP contribution in [-0.2, 0) is 9.59 Å². The summed E-state index contributed by atoms with van der Waals surface area (Å²) in [6, 6.07) is 0. The highest BCUT2D eigenvalue weighted by Crippen LogP contribution is 2.63. The summed E-state index contributed by atoms with van der Waals surface area (Å²) in [6.07, 6.45) is 5.07. The maximum absolute atomic E-state index is 12.2. The Morgan fingerprint density at radius 3 is 2.75 bits per heavy atom. The first-order valence-electron chi connectivity index (χ1n) is 5.65. The Balaban J connectivity index is 2.19. The van der Waals surface area contributed by atoms with Crippen LogP contribution in [-0.4, -0.2) is 16.7 Å². The number of hydrogen-bond acceptors (Lipinski definition) is 3. The standard InChI is InChI=1S/C13H14O3/c1-6(14)9-11(15)10-7-3-4-8(5-7)13(10,2)12(9)16/h3-4,7-8,10,16H,5H2,1-2H3/t7-,8+,10-,13-/m1/s1. The first-order chi connectivity index (χ1) is 7.48. The molecular weight excluding hydrogens is 204 g/mol. The predicted molar refractivity (Wildman–Crippen MR) is 57.7 cm³/mol. The van der Waals surface area contributed by atoms with E-state index >= 15 is 0 Å². The lowest BCUT2D eigenvalue weighted by molar-refractivity contribution is -0.123. The highest BCUT2D eigenvalue weighted by Gasteiger charge is 2.63. The summed E-state index contributed by atoms with van der Waals surface area (Å²) in [5.74, 6) is -0.208. The van der Waals surface area contributed by atoms with Crippen LogP contribution >= 0.6 is 0 Å². The van der Waals surface area contributed by atoms with Crippen LogP contribution in [0.25, 0.3) is 0 Å². The number of Topliss-reactive ketones (excluding diaryl/α,β-unsaturated/α-hetero) is 2. The number of carbonyl (C=O) groups excluding carboxylic acids is 2. The van der Waals surface area contributed by atoms with Crippen molar-refractivity contribution in [3.05, 3.63) is 23.5 Å². The molecule has 0 amide bonds. The average molecular weight is 218 g/mol. The lowest BCUT2D eigenvalue weighted by atomic mass is 9.71. The molecule has 0 aliphatic heterocycles. The molecule has 84 valence electrons. The third-order valence-electron chi connectivity index (χ3n) is 4.59. The van der Waals surface area contributed by atoms with Gasteiger partial charge in [0, 0.05) is 11.3 Å². The van der Waals surface area contributed by atoms with Crippen LogP contribution in [0.5, 0.6) is 0 Å². The van der Waals surface area contributed by atoms with Gasteiger partial charge in [0.15, 0.2) is 11.6 Å². The average Bonchev–Trinajstić information content (AvgIpc) is 2.79. The van der Waals surface area contributed by atoms with Gasteiger partial charge in [-0.2, -0.15) is 0 Å². The quantitative estimate of drug-likeness (QED) is 0.539. The Bertz CT molecular complexity index is 472. The molecule has 1 N–H and O–H groups in total. The molecule has 3 heteroatoms. The topological polar surface area (TPSA) is 54.4 Å². The monoisotopic (exact) mass is 218 g/mol. The summed E-state index contributed by atoms with van der Waals surface area (Å²) in [6.45, 7) is 3.26. The van der Waals surface area contributed by atoms with Gasteiger partial charge in [0.05, 0.1) is 5.57 Å². The molecule has 3 rings (SSSR count). The lowest BCUT2D eigenvalue weighted by Gasteiger charge is -2.31. The van der Waals surface area contributed by atoms with Crippen molar-refractivity contribution in [2.75, 3.05) is 0 Å². The first-order valence-corrected chi connectivity index (χ1v) is 5.65. The van der Waals surface area contributed by atoms with Gasteiger partial charge in [0.1, 0.15) is 5.76 Å². The zero-order chi connectivity index (χ0) is 11.7. The van der Waals surface area contributed by atoms with Gasteiger partial charge in [-0.15, -0.1) is 0 Å². The molecular formula is C13H14O3. The van der Waals surface area contributed by atoms with Gasteiger partial charge >= 0.3 is 0 Å². The van der Waals surface area contributed by atoms with E-state index in [1.54, 1.807) is 0 Å². The number of carbonyl (C=O) groups is 2. The molecule has 0 unspecified atom stereocenters. The van der Waals surface area contributed by atoms with Gasteiger partial charge in [-0.25, -0.2) is 0 Å². The van der Waals surface area contributed by atoms with E-state index in [0.717, 1.165) is 6.42 Å². The number of aliphatic hydroxyl groups is 1. The largest absolute Gasteiger partial charge is 0.511 e. The zero-order valence-electron chi connectivity index (χ0n) is 9.36. The van der Waals surface area contributed by atoms with Gasteiger partial charge in [0.2, 0.25) is 0 Å². The van der Waals surface area contributed by atoms with E-state index in [-0.39, 0.29) is 40.7 Å². The molecule has 0 aromatic heterocycles. The third kappa shape index (κ3) is 0.819. The van der Waals surface area contributed by atoms with E-state index in [1.807, 2.05) is 6.92 Å². The number of hydrogen-bond donors (Lipinski definition) is 1. The molecule has 3 aliphatic carbocycles. The number of aliphatic hydroxyl groups excluding tert-OH is 1. The first kappa shape index (κ1) is 9.82. The Hall–Kier alpha value is -1.38. The number of rotatable bonds is 1. The molecule has 16 heavy (non-hydrogen) atoms. The molecule has 3 aliphatic rings. The second kappa shape index (κ2) is 2.65. The molecule has 0 saturated heterocycles. The van der Waals surface area contributed by atoms with Crippen LogP contribution in [0.1, 0.15) is 20.3 Å². The van der Waals surface area contributed by atoms with E-state index in [2.05, 4.69) is 12.2 Å². The second-order valence-electron chi connectivity index (χ2n) is 5.30. The maximum Gasteiger partial charge on any atom is 0.174 e. The molecule has 1 fully saturated rings. The molecule has 2 bridgehead atoms. The third-order valence-corrected chi connectivity index (χ3v) is 4.59. The van der Waals surface area contributed by atoms with E-state index in [0.29, 0.717) is 0 Å². The smallest absolute Gasteiger partial charge is 0.174 e. The minimum absolute atomic E-state index is 0.0341. The van der Waals surface area contributed by atoms with Crippen molar-refractivity contribution in [2.24, 2.45) is 23.2 Å². The normalized spacial score (nSPS) is 44.4. The molecule has 1 saturated carbocycles. The Morgan fingerprint density at radius 2 is 2.19 bits per heavy atom. The summed E-state index contributed by atoms with van der Waals surface area (Å²) in [5, 5.41) is 10.2. The lowest BCUT2D eigenvalue weighted by Crippen LogP contribution is -2.32. The fraction of sp³-hybridized carbons (Fsp3) is 0.538. The van der Waals surface area contributed by atoms with Crippen LogP contribution in [0.15, 0.2) is 23.5 Å². The minimum atomic E-state index is -0.516. The van der Waals surface area contributed by atoms with Gasteiger partial charge in [-0.1, -0.05) is 19.1 Å². The molecule has 0 spiro atoms. The van der Waals surface area contributed by atoms with Crippen molar-refractivity contribution < 1.29 is 14.7 Å². The van der Waals surface area contributed by atoms with Gasteiger partial charge < -0.3 is 5.11 Å². The van der Waals surface area contributed by atoms with Gasteiger partial charge in [-0.05, 0) is 25.2 Å². The van der Waals surface area contributed by atoms with Crippen LogP contribution < -0.4 is 0 Å². The molecule has 0 radical (unpaired) electrons. The van der Waals surface area contributed by atoms with Crippen molar-refractivity contribution in [3.8, 4) is 0 Å². The molecule has 0 aromatic rings. The summed E-state index contributed by atoms with van der Waals surface area (Å²) in [5.41, 5.74) is -0.469. The van der Waals surface area contributed by atoms with Crippen molar-refractivity contribution in [2.45, 2.75) is 20.3 Å². The zero-order valence-corrected chi connectivity index (χ0v) is 9.36. The summed E-state index contributed by atoms with van der Waals surface area (Å²) in [4.78, 5) is 23.6.